The van der Waals surface area contributed by atoms with E-state index in [-0.39, 0.29) is 116 Å². The Morgan fingerprint density at radius 2 is 1.17 bits per heavy atom. The third-order valence-corrected chi connectivity index (χ3v) is 24.3. The number of hydrogen-bond donors (Lipinski definition) is 3. The fraction of sp³-hybridized carbons (Fsp3) is 0.840. The Morgan fingerprint density at radius 3 is 1.75 bits per heavy atom. The Hall–Kier alpha value is -6.96. The number of carbonyl (C=O) groups is 12. The van der Waals surface area contributed by atoms with Crippen LogP contribution in [-0.4, -0.2) is 288 Å². The van der Waals surface area contributed by atoms with Gasteiger partial charge in [-0.15, -0.1) is 0 Å². The molecule has 7 rings (SSSR count). The second-order valence-corrected chi connectivity index (χ2v) is 32.3. The van der Waals surface area contributed by atoms with Crippen molar-refractivity contribution in [2.75, 3.05) is 94.8 Å². The molecule has 12 atom stereocenters. The Morgan fingerprint density at radius 1 is 0.574 bits per heavy atom. The zero-order valence-electron chi connectivity index (χ0n) is 65.1. The number of ether oxygens (including phenoxy) is 1. The van der Waals surface area contributed by atoms with E-state index in [9.17, 15) is 45.5 Å². The molecule has 0 aromatic rings. The zero-order chi connectivity index (χ0) is 80.2. The van der Waals surface area contributed by atoms with Crippen LogP contribution in [0.25, 0.3) is 0 Å². The highest BCUT2D eigenvalue weighted by Crippen LogP contribution is 2.45. The minimum Gasteiger partial charge on any atom is -0.378 e. The third kappa shape index (κ3) is 21.8. The number of fused-ring (bicyclic) bond motifs is 3. The predicted octanol–water partition coefficient (Wildman–Crippen LogP) is 6.58. The minimum absolute atomic E-state index is 0.00569. The number of nitrogens with zero attached hydrogens (tertiary/aromatic N) is 9. The van der Waals surface area contributed by atoms with E-state index in [1.807, 2.05) is 13.8 Å². The highest BCUT2D eigenvalue weighted by atomic mass is 19.4. The van der Waals surface area contributed by atoms with Crippen molar-refractivity contribution in [3.8, 4) is 0 Å². The smallest absolute Gasteiger partial charge is 0.378 e. The lowest BCUT2D eigenvalue weighted by atomic mass is 9.76. The summed E-state index contributed by atoms with van der Waals surface area (Å²) in [6.45, 7) is 9.05. The summed E-state index contributed by atoms with van der Waals surface area (Å²) in [5.41, 5.74) is -1.82. The van der Waals surface area contributed by atoms with E-state index in [0.717, 1.165) is 24.5 Å². The second-order valence-electron chi connectivity index (χ2n) is 32.3. The number of likely N-dealkylation sites (N-methyl/N-ethyl adjacent to an activating group) is 6. The number of nitrogens with one attached hydrogen (secondary N) is 3. The van der Waals surface area contributed by atoms with Gasteiger partial charge in [-0.2, -0.15) is 26.3 Å². The summed E-state index contributed by atoms with van der Waals surface area (Å²) in [7, 11) is 8.08. The van der Waals surface area contributed by atoms with Crippen LogP contribution in [0.3, 0.4) is 0 Å². The molecular formula is C75H118F8N12O13. The first-order valence-corrected chi connectivity index (χ1v) is 39.0. The lowest BCUT2D eigenvalue weighted by Gasteiger charge is -2.42. The molecule has 12 amide bonds. The average Bonchev–Trinajstić information content (AvgIpc) is 1.31. The molecule has 4 saturated heterocycles. The van der Waals surface area contributed by atoms with Crippen LogP contribution in [-0.2, 0) is 62.3 Å². The van der Waals surface area contributed by atoms with Crippen molar-refractivity contribution < 1.29 is 97.4 Å². The molecule has 0 spiro atoms. The van der Waals surface area contributed by atoms with Gasteiger partial charge in [0.25, 0.3) is 0 Å². The number of alkyl halides is 8. The number of halogens is 8. The molecule has 612 valence electrons. The van der Waals surface area contributed by atoms with Crippen molar-refractivity contribution in [1.82, 2.24) is 60.0 Å². The Kier molecular flexibility index (Phi) is 31.3. The van der Waals surface area contributed by atoms with Gasteiger partial charge >= 0.3 is 12.4 Å². The standard InChI is InChI=1S/C75H118F8N12O13/c1-13-45(5)62-70(105)88(8)43-60(98)89(9)54-23-16-15-19-31-95(69(54)104)57(40-46-25-28-49(29-26-46)74(78,79)80)67(102)87(7)42-58(96)84-52(30-27-47-38-50(76)61(51(77)39-47)75(81,82)83)66(101)94-32-20-24-53(94)65(100)86-73(6,14-2)72(107)92(12)63(48-21-17-18-22-48)71(106)91(11)56(68(103)93-33-35-108-36-34-93)41-59(97)90(10)55(37-44(3)4)64(99)85-62/h44-57,61-63H,13-43H2,1-12H3,(H,84,96)(H,85,99)(H,86,100)/t45-,46?,47?,49?,50?,51?,52-,53-,54-,55-,56-,57-,61?,62-,63-,73-/m0/s1. The van der Waals surface area contributed by atoms with Crippen LogP contribution in [0.1, 0.15) is 189 Å². The number of morpholine rings is 1. The van der Waals surface area contributed by atoms with Gasteiger partial charge in [0.1, 0.15) is 72.1 Å². The maximum atomic E-state index is 15.6. The Bertz CT molecular complexity index is 3160. The first-order chi connectivity index (χ1) is 50.6. The van der Waals surface area contributed by atoms with E-state index in [0.29, 0.717) is 51.4 Å². The van der Waals surface area contributed by atoms with Gasteiger partial charge < -0.3 is 64.8 Å². The molecule has 0 aromatic heterocycles. The van der Waals surface area contributed by atoms with Crippen LogP contribution >= 0.6 is 0 Å². The van der Waals surface area contributed by atoms with E-state index in [1.165, 1.54) is 68.8 Å². The zero-order valence-corrected chi connectivity index (χ0v) is 65.1. The lowest BCUT2D eigenvalue weighted by molar-refractivity contribution is -0.219. The molecule has 33 heteroatoms. The Labute approximate surface area is 630 Å². The fourth-order valence-electron chi connectivity index (χ4n) is 17.1. The number of carbonyl (C=O) groups excluding carboxylic acids is 12. The van der Waals surface area contributed by atoms with Crippen molar-refractivity contribution >= 4 is 70.9 Å². The molecular weight excluding hydrogens is 1430 g/mol. The quantitative estimate of drug-likeness (QED) is 0.175. The maximum Gasteiger partial charge on any atom is 0.397 e. The molecule has 3 aliphatic carbocycles. The van der Waals surface area contributed by atoms with Crippen molar-refractivity contribution in [3.63, 3.8) is 0 Å². The van der Waals surface area contributed by atoms with Crippen molar-refractivity contribution in [1.29, 1.82) is 0 Å². The topological polar surface area (TPSA) is 279 Å². The molecule has 7 aliphatic rings. The molecule has 4 aliphatic heterocycles. The molecule has 7 fully saturated rings. The summed E-state index contributed by atoms with van der Waals surface area (Å²) in [5.74, 6) is -16.7. The molecule has 4 heterocycles. The van der Waals surface area contributed by atoms with Gasteiger partial charge in [-0.25, -0.2) is 8.78 Å². The number of amides is 12. The van der Waals surface area contributed by atoms with Gasteiger partial charge in [0.05, 0.1) is 38.6 Å². The monoisotopic (exact) mass is 1550 g/mol. The SMILES string of the molecule is CC[C@H](C)[C@@H]1NC(=O)[C@H](CC(C)C)N(C)C(=O)C[C@@H](C(=O)N2CCOCC2)N(C)C(=O)[C@H](C2CCCC2)N(C)C(=O)[C@](C)(CC)NC(=O)[C@@H]2CCCN2C(=O)[C@H](CCC2CC(F)C(C(F)(F)F)C(F)C2)NC(=O)CN(C)C(=O)[C@H](CC2CCC(C(F)(F)F)CC2)N2CCCCC[C@@H](C2=O)N(C)C(=O)CN(C)C1=O. The van der Waals surface area contributed by atoms with Gasteiger partial charge in [-0.1, -0.05) is 66.7 Å². The van der Waals surface area contributed by atoms with Crippen LogP contribution in [0.4, 0.5) is 35.1 Å². The van der Waals surface area contributed by atoms with E-state index in [2.05, 4.69) is 16.0 Å². The average molecular weight is 1550 g/mol. The van der Waals surface area contributed by atoms with E-state index >= 15 is 47.1 Å². The van der Waals surface area contributed by atoms with Crippen LogP contribution in [0.2, 0.25) is 0 Å². The van der Waals surface area contributed by atoms with E-state index in [4.69, 9.17) is 4.74 Å². The van der Waals surface area contributed by atoms with E-state index in [1.54, 1.807) is 20.8 Å². The number of hydrogen-bond acceptors (Lipinski definition) is 13. The minimum atomic E-state index is -5.20. The summed E-state index contributed by atoms with van der Waals surface area (Å²) in [4.78, 5) is 192. The van der Waals surface area contributed by atoms with Crippen molar-refractivity contribution in [2.24, 2.45) is 41.4 Å². The van der Waals surface area contributed by atoms with Crippen molar-refractivity contribution in [3.05, 3.63) is 0 Å². The van der Waals surface area contributed by atoms with Crippen LogP contribution in [0, 0.1) is 41.4 Å². The van der Waals surface area contributed by atoms with Crippen molar-refractivity contribution in [2.45, 2.75) is 268 Å². The van der Waals surface area contributed by atoms with Gasteiger partial charge in [0.2, 0.25) is 70.9 Å². The summed E-state index contributed by atoms with van der Waals surface area (Å²) in [6.07, 6.45) is -14.5. The normalized spacial score (nSPS) is 32.4. The summed E-state index contributed by atoms with van der Waals surface area (Å²) in [6, 6.07) is -11.1. The summed E-state index contributed by atoms with van der Waals surface area (Å²) < 4.78 is 120. The highest BCUT2D eigenvalue weighted by molar-refractivity contribution is 6.00. The molecule has 2 unspecified atom stereocenters. The Balaban J connectivity index is 1.31. The molecule has 0 aromatic carbocycles. The molecule has 3 N–H and O–H groups in total. The van der Waals surface area contributed by atoms with Gasteiger partial charge in [0.15, 0.2) is 0 Å². The molecule has 2 bridgehead atoms. The van der Waals surface area contributed by atoms with Crippen LogP contribution in [0.5, 0.6) is 0 Å². The fourth-order valence-corrected chi connectivity index (χ4v) is 17.1. The second kappa shape index (κ2) is 38.3. The number of rotatable bonds is 12. The summed E-state index contributed by atoms with van der Waals surface area (Å²) >= 11 is 0. The van der Waals surface area contributed by atoms with Crippen LogP contribution < -0.4 is 16.0 Å². The highest BCUT2D eigenvalue weighted by Gasteiger charge is 2.55. The summed E-state index contributed by atoms with van der Waals surface area (Å²) in [5, 5.41) is 8.35. The molecule has 108 heavy (non-hydrogen) atoms. The largest absolute Gasteiger partial charge is 0.397 e. The van der Waals surface area contributed by atoms with Gasteiger partial charge in [-0.05, 0) is 146 Å². The molecule has 25 nitrogen and oxygen atoms in total. The first kappa shape index (κ1) is 88.3. The van der Waals surface area contributed by atoms with Crippen LogP contribution in [0.15, 0.2) is 0 Å². The van der Waals surface area contributed by atoms with Gasteiger partial charge in [-0.3, -0.25) is 57.5 Å². The molecule has 0 radical (unpaired) electrons. The van der Waals surface area contributed by atoms with Gasteiger partial charge in [0, 0.05) is 68.5 Å². The first-order valence-electron chi connectivity index (χ1n) is 39.0. The van der Waals surface area contributed by atoms with E-state index < -0.39 is 224 Å². The maximum absolute atomic E-state index is 15.6. The third-order valence-electron chi connectivity index (χ3n) is 24.3. The predicted molar refractivity (Wildman–Crippen MR) is 381 cm³/mol. The molecule has 3 saturated carbocycles. The lowest BCUT2D eigenvalue weighted by Crippen LogP contribution is -2.65.